The Morgan fingerprint density at radius 2 is 1.82 bits per heavy atom. The molecule has 1 aromatic rings. The van der Waals surface area contributed by atoms with Gasteiger partial charge in [0.15, 0.2) is 0 Å². The van der Waals surface area contributed by atoms with Crippen LogP contribution in [-0.2, 0) is 14.8 Å². The monoisotopic (exact) mass is 253 g/mol. The summed E-state index contributed by atoms with van der Waals surface area (Å²) in [7, 11) is -3.65. The van der Waals surface area contributed by atoms with Gasteiger partial charge in [0.1, 0.15) is 0 Å². The minimum Gasteiger partial charge on any atom is -0.273 e. The lowest BCUT2D eigenvalue weighted by atomic mass is 10.1. The molecule has 0 aromatic heterocycles. The Kier molecular flexibility index (Phi) is 2.95. The fourth-order valence-electron chi connectivity index (χ4n) is 1.87. The third kappa shape index (κ3) is 2.07. The van der Waals surface area contributed by atoms with Crippen molar-refractivity contribution in [3.63, 3.8) is 0 Å². The molecule has 0 aliphatic carbocycles. The first kappa shape index (κ1) is 12.1. The van der Waals surface area contributed by atoms with E-state index < -0.39 is 10.0 Å². The van der Waals surface area contributed by atoms with Gasteiger partial charge >= 0.3 is 0 Å². The Labute approximate surface area is 101 Å². The Balaban J connectivity index is 2.37. The molecule has 1 saturated heterocycles. The lowest BCUT2D eigenvalue weighted by Gasteiger charge is -2.16. The molecular formula is C12H15NO3S. The number of nitrogens with zero attached hydrogens (tertiary/aromatic N) is 1. The third-order valence-corrected chi connectivity index (χ3v) is 4.85. The van der Waals surface area contributed by atoms with Crippen LogP contribution < -0.4 is 0 Å². The van der Waals surface area contributed by atoms with Crippen LogP contribution in [0.5, 0.6) is 0 Å². The zero-order chi connectivity index (χ0) is 12.6. The van der Waals surface area contributed by atoms with Crippen molar-refractivity contribution in [2.75, 3.05) is 6.54 Å². The summed E-state index contributed by atoms with van der Waals surface area (Å²) < 4.78 is 25.4. The van der Waals surface area contributed by atoms with Gasteiger partial charge in [-0.2, -0.15) is 0 Å². The molecule has 1 atom stereocenters. The van der Waals surface area contributed by atoms with Crippen molar-refractivity contribution in [2.24, 2.45) is 5.92 Å². The van der Waals surface area contributed by atoms with Gasteiger partial charge < -0.3 is 0 Å². The van der Waals surface area contributed by atoms with E-state index in [1.54, 1.807) is 31.2 Å². The van der Waals surface area contributed by atoms with Gasteiger partial charge in [-0.05, 0) is 25.5 Å². The van der Waals surface area contributed by atoms with Crippen molar-refractivity contribution in [3.05, 3.63) is 29.8 Å². The van der Waals surface area contributed by atoms with Crippen LogP contribution in [0.15, 0.2) is 29.2 Å². The minimum atomic E-state index is -3.65. The molecule has 1 unspecified atom stereocenters. The number of hydrogen-bond donors (Lipinski definition) is 0. The molecule has 1 fully saturated rings. The van der Waals surface area contributed by atoms with Crippen LogP contribution in [0.4, 0.5) is 0 Å². The maximum absolute atomic E-state index is 12.2. The Hall–Kier alpha value is -1.36. The quantitative estimate of drug-likeness (QED) is 0.803. The summed E-state index contributed by atoms with van der Waals surface area (Å²) in [5.74, 6) is -0.499. The van der Waals surface area contributed by atoms with E-state index >= 15 is 0 Å². The van der Waals surface area contributed by atoms with E-state index in [1.165, 1.54) is 0 Å². The van der Waals surface area contributed by atoms with E-state index in [2.05, 4.69) is 0 Å². The molecule has 1 amide bonds. The minimum absolute atomic E-state index is 0.186. The molecule has 1 heterocycles. The van der Waals surface area contributed by atoms with Gasteiger partial charge in [0, 0.05) is 12.5 Å². The van der Waals surface area contributed by atoms with Crippen molar-refractivity contribution < 1.29 is 13.2 Å². The predicted octanol–water partition coefficient (Wildman–Crippen LogP) is 1.55. The third-order valence-electron chi connectivity index (χ3n) is 3.04. The molecule has 4 nitrogen and oxygen atoms in total. The van der Waals surface area contributed by atoms with Gasteiger partial charge in [-0.25, -0.2) is 12.7 Å². The lowest BCUT2D eigenvalue weighted by molar-refractivity contribution is -0.126. The SMILES string of the molecule is Cc1ccc(S(=O)(=O)N2CCC(C)C2=O)cc1. The van der Waals surface area contributed by atoms with E-state index in [0.29, 0.717) is 6.42 Å². The first-order valence-corrected chi connectivity index (χ1v) is 7.00. The fourth-order valence-corrected chi connectivity index (χ4v) is 3.36. The summed E-state index contributed by atoms with van der Waals surface area (Å²) in [5, 5.41) is 0. The van der Waals surface area contributed by atoms with Gasteiger partial charge in [0.05, 0.1) is 4.90 Å². The number of amides is 1. The van der Waals surface area contributed by atoms with E-state index in [0.717, 1.165) is 9.87 Å². The first-order chi connectivity index (χ1) is 7.93. The molecule has 1 aliphatic heterocycles. The normalized spacial score (nSPS) is 20.9. The second kappa shape index (κ2) is 4.14. The fraction of sp³-hybridized carbons (Fsp3) is 0.417. The maximum atomic E-state index is 12.2. The van der Waals surface area contributed by atoms with Crippen LogP contribution in [-0.4, -0.2) is 25.2 Å². The zero-order valence-electron chi connectivity index (χ0n) is 9.88. The number of rotatable bonds is 2. The summed E-state index contributed by atoms with van der Waals surface area (Å²) in [4.78, 5) is 11.9. The van der Waals surface area contributed by atoms with Crippen molar-refractivity contribution >= 4 is 15.9 Å². The number of carbonyl (C=O) groups excluding carboxylic acids is 1. The molecular weight excluding hydrogens is 238 g/mol. The van der Waals surface area contributed by atoms with Crippen molar-refractivity contribution in [1.29, 1.82) is 0 Å². The summed E-state index contributed by atoms with van der Waals surface area (Å²) in [5.41, 5.74) is 0.991. The molecule has 1 aliphatic rings. The first-order valence-electron chi connectivity index (χ1n) is 5.56. The number of carbonyl (C=O) groups is 1. The van der Waals surface area contributed by atoms with Crippen LogP contribution in [0.3, 0.4) is 0 Å². The highest BCUT2D eigenvalue weighted by Gasteiger charge is 2.37. The molecule has 0 spiro atoms. The van der Waals surface area contributed by atoms with Crippen LogP contribution in [0.1, 0.15) is 18.9 Å². The standard InChI is InChI=1S/C12H15NO3S/c1-9-3-5-11(6-4-9)17(15,16)13-8-7-10(2)12(13)14/h3-6,10H,7-8H2,1-2H3. The van der Waals surface area contributed by atoms with Crippen molar-refractivity contribution in [2.45, 2.75) is 25.2 Å². The Morgan fingerprint density at radius 1 is 1.24 bits per heavy atom. The Morgan fingerprint density at radius 3 is 2.29 bits per heavy atom. The maximum Gasteiger partial charge on any atom is 0.266 e. The molecule has 2 rings (SSSR count). The van der Waals surface area contributed by atoms with E-state index in [4.69, 9.17) is 0 Å². The van der Waals surface area contributed by atoms with E-state index in [9.17, 15) is 13.2 Å². The number of hydrogen-bond acceptors (Lipinski definition) is 3. The average Bonchev–Trinajstić information content (AvgIpc) is 2.61. The highest BCUT2D eigenvalue weighted by Crippen LogP contribution is 2.25. The van der Waals surface area contributed by atoms with E-state index in [1.807, 2.05) is 6.92 Å². The molecule has 17 heavy (non-hydrogen) atoms. The van der Waals surface area contributed by atoms with Gasteiger partial charge in [-0.15, -0.1) is 0 Å². The molecule has 1 aromatic carbocycles. The number of sulfonamides is 1. The molecule has 5 heteroatoms. The van der Waals surface area contributed by atoms with Crippen LogP contribution >= 0.6 is 0 Å². The van der Waals surface area contributed by atoms with Crippen LogP contribution in [0, 0.1) is 12.8 Å². The van der Waals surface area contributed by atoms with E-state index in [-0.39, 0.29) is 23.3 Å². The van der Waals surface area contributed by atoms with Crippen LogP contribution in [0.25, 0.3) is 0 Å². The largest absolute Gasteiger partial charge is 0.273 e. The molecule has 0 saturated carbocycles. The predicted molar refractivity (Wildman–Crippen MR) is 63.9 cm³/mol. The smallest absolute Gasteiger partial charge is 0.266 e. The highest BCUT2D eigenvalue weighted by atomic mass is 32.2. The van der Waals surface area contributed by atoms with Gasteiger partial charge in [0.2, 0.25) is 5.91 Å². The van der Waals surface area contributed by atoms with Gasteiger partial charge in [-0.1, -0.05) is 24.6 Å². The average molecular weight is 253 g/mol. The highest BCUT2D eigenvalue weighted by molar-refractivity contribution is 7.89. The Bertz CT molecular complexity index is 533. The summed E-state index contributed by atoms with van der Waals surface area (Å²) in [6, 6.07) is 6.55. The second-order valence-electron chi connectivity index (χ2n) is 4.42. The second-order valence-corrected chi connectivity index (χ2v) is 6.28. The zero-order valence-corrected chi connectivity index (χ0v) is 10.7. The number of benzene rings is 1. The summed E-state index contributed by atoms with van der Waals surface area (Å²) in [6.45, 7) is 3.93. The summed E-state index contributed by atoms with van der Waals surface area (Å²) in [6.07, 6.45) is 0.601. The lowest BCUT2D eigenvalue weighted by Crippen LogP contribution is -2.33. The van der Waals surface area contributed by atoms with Crippen molar-refractivity contribution in [1.82, 2.24) is 4.31 Å². The molecule has 0 N–H and O–H groups in total. The molecule has 92 valence electrons. The summed E-state index contributed by atoms with van der Waals surface area (Å²) >= 11 is 0. The van der Waals surface area contributed by atoms with Gasteiger partial charge in [-0.3, -0.25) is 4.79 Å². The molecule has 0 bridgehead atoms. The van der Waals surface area contributed by atoms with Crippen molar-refractivity contribution in [3.8, 4) is 0 Å². The number of aryl methyl sites for hydroxylation is 1. The topological polar surface area (TPSA) is 54.5 Å². The van der Waals surface area contributed by atoms with Gasteiger partial charge in [0.25, 0.3) is 10.0 Å². The van der Waals surface area contributed by atoms with Crippen LogP contribution in [0.2, 0.25) is 0 Å². The molecule has 0 radical (unpaired) electrons.